The van der Waals surface area contributed by atoms with Crippen molar-refractivity contribution in [3.63, 3.8) is 0 Å². The minimum atomic E-state index is -0.767. The van der Waals surface area contributed by atoms with Crippen molar-refractivity contribution in [2.45, 2.75) is 45.1 Å². The maximum Gasteiger partial charge on any atom is 0.412 e. The highest BCUT2D eigenvalue weighted by Crippen LogP contribution is 2.36. The van der Waals surface area contributed by atoms with Crippen LogP contribution in [0.3, 0.4) is 0 Å². The molecule has 2 N–H and O–H groups in total. The van der Waals surface area contributed by atoms with Gasteiger partial charge in [0.05, 0.1) is 5.92 Å². The number of hydrogen-bond acceptors (Lipinski definition) is 5. The number of aromatic nitrogens is 1. The summed E-state index contributed by atoms with van der Waals surface area (Å²) in [7, 11) is 0. The molecule has 0 saturated carbocycles. The first-order chi connectivity index (χ1) is 18.3. The van der Waals surface area contributed by atoms with E-state index in [-0.39, 0.29) is 0 Å². The molecule has 1 aliphatic rings. The summed E-state index contributed by atoms with van der Waals surface area (Å²) in [5.41, 5.74) is 6.42. The number of nitrogens with one attached hydrogen (secondary N) is 1. The van der Waals surface area contributed by atoms with E-state index in [2.05, 4.69) is 16.5 Å². The topological polar surface area (TPSA) is 102 Å². The number of ether oxygens (including phenoxy) is 1. The summed E-state index contributed by atoms with van der Waals surface area (Å²) >= 11 is 6.23. The van der Waals surface area contributed by atoms with Crippen LogP contribution in [-0.4, -0.2) is 22.3 Å². The van der Waals surface area contributed by atoms with Crippen molar-refractivity contribution < 1.29 is 24.0 Å². The fourth-order valence-corrected chi connectivity index (χ4v) is 5.23. The van der Waals surface area contributed by atoms with Gasteiger partial charge < -0.3 is 14.4 Å². The second-order valence-electron chi connectivity index (χ2n) is 9.44. The summed E-state index contributed by atoms with van der Waals surface area (Å²) in [6.07, 6.45) is 1.23. The summed E-state index contributed by atoms with van der Waals surface area (Å²) in [6, 6.07) is 20.9. The van der Waals surface area contributed by atoms with Crippen molar-refractivity contribution in [1.29, 1.82) is 0 Å². The number of halogens is 1. The molecule has 7 nitrogen and oxygen atoms in total. The summed E-state index contributed by atoms with van der Waals surface area (Å²) in [6.45, 7) is 3.50. The lowest BCUT2D eigenvalue weighted by atomic mass is 9.81. The number of hydrogen-bond donors (Lipinski definition) is 2. The number of anilines is 1. The highest BCUT2D eigenvalue weighted by molar-refractivity contribution is 6.31. The molecule has 0 radical (unpaired) electrons. The number of carboxylic acid groups (broad SMARTS) is 1. The average Bonchev–Trinajstić information content (AvgIpc) is 3.27. The van der Waals surface area contributed by atoms with E-state index in [4.69, 9.17) is 20.9 Å². The third kappa shape index (κ3) is 5.15. The molecule has 1 amide bonds. The number of carbonyl (C=O) groups is 2. The standard InChI is InChI=1S/C30H27ClN2O5/c1-17-27(32-30(36)37-18(2)23-7-3-4-9-26(23)31)28(38-33-17)20-12-10-19(11-13-20)21-14-15-24-22(16-21)6-5-8-25(24)29(34)35/h3-4,7,9-16,18,25H,5-6,8H2,1-2H3,(H,32,36)(H,34,35). The maximum absolute atomic E-state index is 12.7. The highest BCUT2D eigenvalue weighted by atomic mass is 35.5. The minimum absolute atomic E-state index is 0.422. The fourth-order valence-electron chi connectivity index (χ4n) is 4.94. The van der Waals surface area contributed by atoms with Crippen LogP contribution in [0.25, 0.3) is 22.5 Å². The number of fused-ring (bicyclic) bond motifs is 1. The van der Waals surface area contributed by atoms with Crippen molar-refractivity contribution in [3.05, 3.63) is 94.1 Å². The Balaban J connectivity index is 1.33. The Labute approximate surface area is 225 Å². The van der Waals surface area contributed by atoms with Crippen molar-refractivity contribution >= 4 is 29.4 Å². The molecular formula is C30H27ClN2O5. The molecule has 0 aliphatic heterocycles. The summed E-state index contributed by atoms with van der Waals surface area (Å²) in [4.78, 5) is 24.3. The third-order valence-electron chi connectivity index (χ3n) is 6.95. The molecule has 8 heteroatoms. The Hall–Kier alpha value is -4.10. The zero-order valence-corrected chi connectivity index (χ0v) is 21.8. The Kier molecular flexibility index (Phi) is 7.20. The number of aryl methyl sites for hydroxylation is 2. The molecule has 0 spiro atoms. The Morgan fingerprint density at radius 2 is 1.79 bits per heavy atom. The summed E-state index contributed by atoms with van der Waals surface area (Å²) in [5.74, 6) is -0.779. The monoisotopic (exact) mass is 530 g/mol. The molecule has 1 aliphatic carbocycles. The molecule has 1 heterocycles. The normalized spacial score (nSPS) is 15.4. The Morgan fingerprint density at radius 3 is 2.53 bits per heavy atom. The number of carboxylic acids is 1. The van der Waals surface area contributed by atoms with Gasteiger partial charge in [0.25, 0.3) is 0 Å². The van der Waals surface area contributed by atoms with E-state index < -0.39 is 24.1 Å². The van der Waals surface area contributed by atoms with Gasteiger partial charge in [0.15, 0.2) is 5.76 Å². The van der Waals surface area contributed by atoms with Crippen molar-refractivity contribution in [3.8, 4) is 22.5 Å². The molecule has 2 atom stereocenters. The van der Waals surface area contributed by atoms with Gasteiger partial charge in [-0.1, -0.05) is 77.4 Å². The van der Waals surface area contributed by atoms with E-state index in [1.54, 1.807) is 19.9 Å². The molecule has 0 fully saturated rings. The van der Waals surface area contributed by atoms with Crippen LogP contribution in [0.5, 0.6) is 0 Å². The number of nitrogens with zero attached hydrogens (tertiary/aromatic N) is 1. The predicted molar refractivity (Wildman–Crippen MR) is 145 cm³/mol. The largest absolute Gasteiger partial charge is 0.481 e. The molecular weight excluding hydrogens is 504 g/mol. The maximum atomic E-state index is 12.7. The lowest BCUT2D eigenvalue weighted by Gasteiger charge is -2.23. The van der Waals surface area contributed by atoms with Crippen LogP contribution in [0, 0.1) is 6.92 Å². The average molecular weight is 531 g/mol. The van der Waals surface area contributed by atoms with Gasteiger partial charge >= 0.3 is 12.1 Å². The molecule has 0 bridgehead atoms. The minimum Gasteiger partial charge on any atom is -0.481 e. The van der Waals surface area contributed by atoms with Gasteiger partial charge in [0.2, 0.25) is 0 Å². The van der Waals surface area contributed by atoms with Crippen LogP contribution in [0.15, 0.2) is 71.3 Å². The van der Waals surface area contributed by atoms with E-state index >= 15 is 0 Å². The van der Waals surface area contributed by atoms with Gasteiger partial charge in [-0.2, -0.15) is 0 Å². The predicted octanol–water partition coefficient (Wildman–Crippen LogP) is 7.78. The lowest BCUT2D eigenvalue weighted by Crippen LogP contribution is -2.17. The molecule has 3 aromatic carbocycles. The Bertz CT molecular complexity index is 1500. The highest BCUT2D eigenvalue weighted by Gasteiger charge is 2.26. The Morgan fingerprint density at radius 1 is 1.08 bits per heavy atom. The van der Waals surface area contributed by atoms with Crippen molar-refractivity contribution in [2.75, 3.05) is 5.32 Å². The van der Waals surface area contributed by atoms with E-state index in [1.807, 2.05) is 54.6 Å². The van der Waals surface area contributed by atoms with E-state index in [0.29, 0.717) is 34.1 Å². The van der Waals surface area contributed by atoms with Gasteiger partial charge in [-0.25, -0.2) is 4.79 Å². The second-order valence-corrected chi connectivity index (χ2v) is 9.85. The molecule has 4 aromatic rings. The zero-order chi connectivity index (χ0) is 26.8. The quantitative estimate of drug-likeness (QED) is 0.264. The molecule has 2 unspecified atom stereocenters. The molecule has 5 rings (SSSR count). The van der Waals surface area contributed by atoms with Crippen LogP contribution in [0.4, 0.5) is 10.5 Å². The summed E-state index contributed by atoms with van der Waals surface area (Å²) in [5, 5.41) is 16.9. The molecule has 1 aromatic heterocycles. The van der Waals surface area contributed by atoms with Crippen LogP contribution in [-0.2, 0) is 16.0 Å². The molecule has 194 valence electrons. The van der Waals surface area contributed by atoms with E-state index in [1.165, 1.54) is 0 Å². The van der Waals surface area contributed by atoms with Gasteiger partial charge in [-0.05, 0) is 61.4 Å². The smallest absolute Gasteiger partial charge is 0.412 e. The van der Waals surface area contributed by atoms with Gasteiger partial charge in [-0.3, -0.25) is 10.1 Å². The van der Waals surface area contributed by atoms with E-state index in [0.717, 1.165) is 40.7 Å². The first kappa shape index (κ1) is 25.5. The molecule has 38 heavy (non-hydrogen) atoms. The fraction of sp³-hybridized carbons (Fsp3) is 0.233. The zero-order valence-electron chi connectivity index (χ0n) is 21.0. The number of benzene rings is 3. The number of aliphatic carboxylic acids is 1. The van der Waals surface area contributed by atoms with Crippen molar-refractivity contribution in [2.24, 2.45) is 0 Å². The number of rotatable bonds is 6. The SMILES string of the molecule is Cc1noc(-c2ccc(-c3ccc4c(c3)CCCC4C(=O)O)cc2)c1NC(=O)OC(C)c1ccccc1Cl. The van der Waals surface area contributed by atoms with Crippen LogP contribution in [0.1, 0.15) is 54.2 Å². The van der Waals surface area contributed by atoms with Gasteiger partial charge in [0.1, 0.15) is 17.5 Å². The lowest BCUT2D eigenvalue weighted by molar-refractivity contribution is -0.139. The molecule has 0 saturated heterocycles. The van der Waals surface area contributed by atoms with Crippen LogP contribution < -0.4 is 5.32 Å². The van der Waals surface area contributed by atoms with Gasteiger partial charge in [0, 0.05) is 16.1 Å². The van der Waals surface area contributed by atoms with E-state index in [9.17, 15) is 14.7 Å². The summed E-state index contributed by atoms with van der Waals surface area (Å²) < 4.78 is 11.1. The van der Waals surface area contributed by atoms with Crippen LogP contribution in [0.2, 0.25) is 5.02 Å². The van der Waals surface area contributed by atoms with Crippen molar-refractivity contribution in [1.82, 2.24) is 5.16 Å². The van der Waals surface area contributed by atoms with Gasteiger partial charge in [-0.15, -0.1) is 0 Å². The first-order valence-electron chi connectivity index (χ1n) is 12.5. The third-order valence-corrected chi connectivity index (χ3v) is 7.30. The number of amides is 1. The number of carbonyl (C=O) groups excluding carboxylic acids is 1. The van der Waals surface area contributed by atoms with Crippen LogP contribution >= 0.6 is 11.6 Å². The second kappa shape index (κ2) is 10.7. The first-order valence-corrected chi connectivity index (χ1v) is 12.8.